The van der Waals surface area contributed by atoms with E-state index in [1.54, 1.807) is 6.26 Å². The maximum Gasteiger partial charge on any atom is 0.279 e. The number of carbonyl (C=O) groups is 1. The van der Waals surface area contributed by atoms with Gasteiger partial charge < -0.3 is 19.8 Å². The van der Waals surface area contributed by atoms with Crippen molar-refractivity contribution in [2.45, 2.75) is 6.04 Å². The first-order valence-corrected chi connectivity index (χ1v) is 9.83. The molecule has 4 aromatic rings. The zero-order chi connectivity index (χ0) is 20.6. The van der Waals surface area contributed by atoms with Crippen molar-refractivity contribution in [2.75, 3.05) is 11.9 Å². The first-order valence-electron chi connectivity index (χ1n) is 9.83. The molecule has 30 heavy (non-hydrogen) atoms. The van der Waals surface area contributed by atoms with Crippen molar-refractivity contribution in [3.63, 3.8) is 0 Å². The Hall–Kier alpha value is -3.83. The predicted octanol–water partition coefficient (Wildman–Crippen LogP) is 4.36. The molecule has 0 spiro atoms. The highest BCUT2D eigenvalue weighted by Gasteiger charge is 2.21. The van der Waals surface area contributed by atoms with E-state index in [0.29, 0.717) is 17.2 Å². The van der Waals surface area contributed by atoms with Crippen LogP contribution in [0.4, 0.5) is 5.69 Å². The van der Waals surface area contributed by atoms with Gasteiger partial charge in [0.15, 0.2) is 24.1 Å². The van der Waals surface area contributed by atoms with Crippen molar-refractivity contribution in [1.82, 2.24) is 0 Å². The molecule has 0 saturated carbocycles. The molecule has 0 bridgehead atoms. The number of furan rings is 1. The fourth-order valence-electron chi connectivity index (χ4n) is 3.25. The third-order valence-corrected chi connectivity index (χ3v) is 4.68. The Balaban J connectivity index is 1.43. The molecule has 0 saturated heterocycles. The Bertz CT molecular complexity index is 1060. The summed E-state index contributed by atoms with van der Waals surface area (Å²) >= 11 is 0. The average molecular weight is 399 g/mol. The zero-order valence-corrected chi connectivity index (χ0v) is 16.4. The van der Waals surface area contributed by atoms with Gasteiger partial charge in [-0.3, -0.25) is 4.79 Å². The SMILES string of the molecule is O=C(C[NH2+][C@@H](c1ccccc1)c1ccco1)Nc1ccccc1Oc1ccccc1. The summed E-state index contributed by atoms with van der Waals surface area (Å²) in [6.07, 6.45) is 1.65. The van der Waals surface area contributed by atoms with Crippen LogP contribution in [0.5, 0.6) is 11.5 Å². The molecule has 3 aromatic carbocycles. The number of hydrogen-bond donors (Lipinski definition) is 2. The van der Waals surface area contributed by atoms with Crippen LogP contribution < -0.4 is 15.4 Å². The number of ether oxygens (including phenoxy) is 1. The fraction of sp³-hybridized carbons (Fsp3) is 0.0800. The van der Waals surface area contributed by atoms with E-state index in [0.717, 1.165) is 11.3 Å². The molecule has 0 aliphatic carbocycles. The van der Waals surface area contributed by atoms with Crippen LogP contribution in [0.15, 0.2) is 108 Å². The molecule has 150 valence electrons. The number of rotatable bonds is 8. The minimum Gasteiger partial charge on any atom is -0.463 e. The van der Waals surface area contributed by atoms with Crippen molar-refractivity contribution in [3.8, 4) is 11.5 Å². The molecule has 1 heterocycles. The highest BCUT2D eigenvalue weighted by atomic mass is 16.5. The standard InChI is InChI=1S/C25H22N2O3/c28-24(18-26-25(23-16-9-17-29-23)19-10-3-1-4-11-19)27-21-14-7-8-15-22(21)30-20-12-5-2-6-13-20/h1-17,25-26H,18H2,(H,27,28)/p+1/t25-/m0/s1. The quantitative estimate of drug-likeness (QED) is 0.462. The number of benzene rings is 3. The molecule has 4 rings (SSSR count). The van der Waals surface area contributed by atoms with E-state index >= 15 is 0 Å². The van der Waals surface area contributed by atoms with Crippen LogP contribution in [-0.2, 0) is 4.79 Å². The molecule has 0 fully saturated rings. The summed E-state index contributed by atoms with van der Waals surface area (Å²) in [5.74, 6) is 2.00. The van der Waals surface area contributed by atoms with Gasteiger partial charge in [-0.2, -0.15) is 0 Å². The number of amides is 1. The highest BCUT2D eigenvalue weighted by Crippen LogP contribution is 2.29. The van der Waals surface area contributed by atoms with Gasteiger partial charge in [0, 0.05) is 5.56 Å². The summed E-state index contributed by atoms with van der Waals surface area (Å²) in [7, 11) is 0. The number of para-hydroxylation sites is 3. The zero-order valence-electron chi connectivity index (χ0n) is 16.4. The predicted molar refractivity (Wildman–Crippen MR) is 115 cm³/mol. The number of hydrogen-bond acceptors (Lipinski definition) is 3. The van der Waals surface area contributed by atoms with Gasteiger partial charge >= 0.3 is 0 Å². The summed E-state index contributed by atoms with van der Waals surface area (Å²) in [5, 5.41) is 4.92. The molecule has 1 atom stereocenters. The first kappa shape index (κ1) is 19.5. The Morgan fingerprint density at radius 1 is 0.867 bits per heavy atom. The lowest BCUT2D eigenvalue weighted by molar-refractivity contribution is -0.678. The second kappa shape index (κ2) is 9.58. The maximum atomic E-state index is 12.7. The molecule has 0 aliphatic heterocycles. The maximum absolute atomic E-state index is 12.7. The van der Waals surface area contributed by atoms with Crippen LogP contribution in [-0.4, -0.2) is 12.5 Å². The minimum absolute atomic E-state index is 0.0947. The van der Waals surface area contributed by atoms with E-state index in [1.807, 2.05) is 102 Å². The van der Waals surface area contributed by atoms with Gasteiger partial charge in [0.2, 0.25) is 0 Å². The average Bonchev–Trinajstić information content (AvgIpc) is 3.31. The van der Waals surface area contributed by atoms with Crippen molar-refractivity contribution < 1.29 is 19.3 Å². The number of anilines is 1. The van der Waals surface area contributed by atoms with Crippen molar-refractivity contribution in [1.29, 1.82) is 0 Å². The van der Waals surface area contributed by atoms with Gasteiger partial charge in [0.1, 0.15) is 5.75 Å². The Morgan fingerprint density at radius 2 is 1.57 bits per heavy atom. The second-order valence-electron chi connectivity index (χ2n) is 6.80. The van der Waals surface area contributed by atoms with Crippen molar-refractivity contribution >= 4 is 11.6 Å². The van der Waals surface area contributed by atoms with E-state index in [4.69, 9.17) is 9.15 Å². The number of carbonyl (C=O) groups excluding carboxylic acids is 1. The van der Waals surface area contributed by atoms with E-state index in [1.165, 1.54) is 0 Å². The van der Waals surface area contributed by atoms with Crippen molar-refractivity contribution in [3.05, 3.63) is 115 Å². The normalized spacial score (nSPS) is 11.6. The van der Waals surface area contributed by atoms with Crippen LogP contribution in [0, 0.1) is 0 Å². The van der Waals surface area contributed by atoms with E-state index < -0.39 is 0 Å². The third-order valence-electron chi connectivity index (χ3n) is 4.68. The van der Waals surface area contributed by atoms with Gasteiger partial charge in [-0.05, 0) is 36.4 Å². The van der Waals surface area contributed by atoms with E-state index in [9.17, 15) is 4.79 Å². The monoisotopic (exact) mass is 399 g/mol. The molecule has 3 N–H and O–H groups in total. The third kappa shape index (κ3) is 4.96. The largest absolute Gasteiger partial charge is 0.463 e. The smallest absolute Gasteiger partial charge is 0.279 e. The summed E-state index contributed by atoms with van der Waals surface area (Å²) in [4.78, 5) is 12.7. The van der Waals surface area contributed by atoms with Crippen LogP contribution in [0.25, 0.3) is 0 Å². The summed E-state index contributed by atoms with van der Waals surface area (Å²) in [6, 6.07) is 30.6. The molecule has 5 nitrogen and oxygen atoms in total. The Labute approximate surface area is 175 Å². The topological polar surface area (TPSA) is 68.1 Å². The summed E-state index contributed by atoms with van der Waals surface area (Å²) in [6.45, 7) is 0.236. The molecule has 1 amide bonds. The highest BCUT2D eigenvalue weighted by molar-refractivity contribution is 5.92. The minimum atomic E-state index is -0.119. The molecular formula is C25H23N2O3+. The molecule has 0 unspecified atom stereocenters. The first-order chi connectivity index (χ1) is 14.8. The van der Waals surface area contributed by atoms with Crippen molar-refractivity contribution in [2.24, 2.45) is 0 Å². The van der Waals surface area contributed by atoms with Crippen LogP contribution in [0.1, 0.15) is 17.4 Å². The lowest BCUT2D eigenvalue weighted by Crippen LogP contribution is -2.87. The van der Waals surface area contributed by atoms with Gasteiger partial charge in [-0.15, -0.1) is 0 Å². The molecule has 5 heteroatoms. The van der Waals surface area contributed by atoms with E-state index in [-0.39, 0.29) is 18.5 Å². The van der Waals surface area contributed by atoms with Gasteiger partial charge in [0.05, 0.1) is 12.0 Å². The molecule has 0 aliphatic rings. The Morgan fingerprint density at radius 3 is 2.30 bits per heavy atom. The summed E-state index contributed by atoms with van der Waals surface area (Å²) in [5.41, 5.74) is 1.71. The lowest BCUT2D eigenvalue weighted by Gasteiger charge is -2.15. The lowest BCUT2D eigenvalue weighted by atomic mass is 10.0. The molecule has 1 aromatic heterocycles. The van der Waals surface area contributed by atoms with Gasteiger partial charge in [0.25, 0.3) is 5.91 Å². The van der Waals surface area contributed by atoms with E-state index in [2.05, 4.69) is 5.32 Å². The second-order valence-corrected chi connectivity index (χ2v) is 6.80. The van der Waals surface area contributed by atoms with Crippen LogP contribution in [0.3, 0.4) is 0 Å². The van der Waals surface area contributed by atoms with Crippen LogP contribution in [0.2, 0.25) is 0 Å². The fourth-order valence-corrected chi connectivity index (χ4v) is 3.25. The molecule has 0 radical (unpaired) electrons. The summed E-state index contributed by atoms with van der Waals surface area (Å²) < 4.78 is 11.5. The number of nitrogens with two attached hydrogens (primary N) is 1. The Kier molecular flexibility index (Phi) is 6.22. The molecular weight excluding hydrogens is 376 g/mol. The van der Waals surface area contributed by atoms with Gasteiger partial charge in [-0.1, -0.05) is 60.7 Å². The number of nitrogens with one attached hydrogen (secondary N) is 1. The van der Waals surface area contributed by atoms with Gasteiger partial charge in [-0.25, -0.2) is 0 Å². The number of quaternary nitrogens is 1. The van der Waals surface area contributed by atoms with Crippen LogP contribution >= 0.6 is 0 Å².